The van der Waals surface area contributed by atoms with Gasteiger partial charge in [-0.2, -0.15) is 0 Å². The zero-order chi connectivity index (χ0) is 14.6. The smallest absolute Gasteiger partial charge is 0.118 e. The van der Waals surface area contributed by atoms with Gasteiger partial charge in [-0.25, -0.2) is 0 Å². The lowest BCUT2D eigenvalue weighted by Gasteiger charge is -2.12. The minimum absolute atomic E-state index is 0.282. The average molecular weight is 284 g/mol. The first-order valence-corrected chi connectivity index (χ1v) is 6.74. The molecule has 0 saturated carbocycles. The Balaban J connectivity index is 2.08. The summed E-state index contributed by atoms with van der Waals surface area (Å²) in [6.45, 7) is 2.70. The summed E-state index contributed by atoms with van der Waals surface area (Å²) in [5.74, 6) is 0.773. The first kappa shape index (κ1) is 16.9. The molecular weight excluding hydrogens is 260 g/mol. The normalized spacial score (nSPS) is 12.3. The summed E-state index contributed by atoms with van der Waals surface area (Å²) in [5.41, 5.74) is 0.821. The van der Waals surface area contributed by atoms with Gasteiger partial charge in [-0.1, -0.05) is 12.1 Å². The largest absolute Gasteiger partial charge is 0.497 e. The number of hydrogen-bond donors (Lipinski definition) is 1. The molecule has 114 valence electrons. The third-order valence-corrected chi connectivity index (χ3v) is 2.79. The standard InChI is InChI=1S/C15H24O5/c1-17-10-11-19-8-3-9-20-12-15(16)13-4-6-14(18-2)7-5-13/h4-7,15-16H,3,8-12H2,1-2H3. The summed E-state index contributed by atoms with van der Waals surface area (Å²) in [4.78, 5) is 0. The number of hydrogen-bond acceptors (Lipinski definition) is 5. The van der Waals surface area contributed by atoms with Crippen LogP contribution in [0.3, 0.4) is 0 Å². The van der Waals surface area contributed by atoms with Crippen LogP contribution in [-0.2, 0) is 14.2 Å². The fourth-order valence-electron chi connectivity index (χ4n) is 1.62. The molecule has 0 heterocycles. The molecule has 5 heteroatoms. The van der Waals surface area contributed by atoms with Crippen molar-refractivity contribution < 1.29 is 24.1 Å². The van der Waals surface area contributed by atoms with Crippen LogP contribution in [0.15, 0.2) is 24.3 Å². The van der Waals surface area contributed by atoms with Gasteiger partial charge in [0.2, 0.25) is 0 Å². The van der Waals surface area contributed by atoms with Crippen LogP contribution in [0.4, 0.5) is 0 Å². The maximum Gasteiger partial charge on any atom is 0.118 e. The van der Waals surface area contributed by atoms with Crippen molar-refractivity contribution in [3.05, 3.63) is 29.8 Å². The quantitative estimate of drug-likeness (QED) is 0.628. The first-order chi connectivity index (χ1) is 9.77. The van der Waals surface area contributed by atoms with Gasteiger partial charge in [-0.3, -0.25) is 0 Å². The topological polar surface area (TPSA) is 57.2 Å². The van der Waals surface area contributed by atoms with E-state index in [1.807, 2.05) is 24.3 Å². The van der Waals surface area contributed by atoms with E-state index in [-0.39, 0.29) is 6.61 Å². The molecule has 0 aliphatic carbocycles. The van der Waals surface area contributed by atoms with Crippen molar-refractivity contribution in [2.24, 2.45) is 0 Å². The monoisotopic (exact) mass is 284 g/mol. The van der Waals surface area contributed by atoms with Gasteiger partial charge in [0.05, 0.1) is 26.9 Å². The lowest BCUT2D eigenvalue weighted by atomic mass is 10.1. The Kier molecular flexibility index (Phi) is 8.98. The van der Waals surface area contributed by atoms with Crippen molar-refractivity contribution >= 4 is 0 Å². The zero-order valence-electron chi connectivity index (χ0n) is 12.2. The molecule has 20 heavy (non-hydrogen) atoms. The number of rotatable bonds is 11. The summed E-state index contributed by atoms with van der Waals surface area (Å²) in [7, 11) is 3.26. The number of methoxy groups -OCH3 is 2. The van der Waals surface area contributed by atoms with E-state index in [1.165, 1.54) is 0 Å². The highest BCUT2D eigenvalue weighted by Gasteiger charge is 2.07. The van der Waals surface area contributed by atoms with E-state index in [9.17, 15) is 5.11 Å². The second-order valence-corrected chi connectivity index (χ2v) is 4.32. The number of ether oxygens (including phenoxy) is 4. The van der Waals surface area contributed by atoms with Gasteiger partial charge in [0.25, 0.3) is 0 Å². The maximum absolute atomic E-state index is 9.94. The predicted molar refractivity (Wildman–Crippen MR) is 76.1 cm³/mol. The molecule has 0 spiro atoms. The van der Waals surface area contributed by atoms with Crippen molar-refractivity contribution in [1.29, 1.82) is 0 Å². The molecule has 1 N–H and O–H groups in total. The molecule has 0 aliphatic rings. The Morgan fingerprint density at radius 3 is 2.30 bits per heavy atom. The zero-order valence-corrected chi connectivity index (χ0v) is 12.2. The highest BCUT2D eigenvalue weighted by Crippen LogP contribution is 2.17. The van der Waals surface area contributed by atoms with Crippen molar-refractivity contribution in [3.63, 3.8) is 0 Å². The molecule has 0 aliphatic heterocycles. The van der Waals surface area contributed by atoms with E-state index in [1.54, 1.807) is 14.2 Å². The second-order valence-electron chi connectivity index (χ2n) is 4.32. The second kappa shape index (κ2) is 10.6. The molecule has 0 bridgehead atoms. The van der Waals surface area contributed by atoms with Crippen LogP contribution >= 0.6 is 0 Å². The molecule has 1 rings (SSSR count). The van der Waals surface area contributed by atoms with Crippen LogP contribution in [0.2, 0.25) is 0 Å². The van der Waals surface area contributed by atoms with Gasteiger partial charge in [-0.15, -0.1) is 0 Å². The van der Waals surface area contributed by atoms with E-state index < -0.39 is 6.10 Å². The van der Waals surface area contributed by atoms with E-state index in [0.717, 1.165) is 17.7 Å². The van der Waals surface area contributed by atoms with Crippen LogP contribution in [0.1, 0.15) is 18.1 Å². The Morgan fingerprint density at radius 2 is 1.65 bits per heavy atom. The number of aliphatic hydroxyl groups excluding tert-OH is 1. The van der Waals surface area contributed by atoms with Crippen LogP contribution < -0.4 is 4.74 Å². The van der Waals surface area contributed by atoms with Crippen molar-refractivity contribution in [3.8, 4) is 5.75 Å². The first-order valence-electron chi connectivity index (χ1n) is 6.74. The molecule has 0 saturated heterocycles. The van der Waals surface area contributed by atoms with Gasteiger partial charge >= 0.3 is 0 Å². The van der Waals surface area contributed by atoms with E-state index >= 15 is 0 Å². The number of benzene rings is 1. The van der Waals surface area contributed by atoms with Crippen molar-refractivity contribution in [2.45, 2.75) is 12.5 Å². The van der Waals surface area contributed by atoms with E-state index in [0.29, 0.717) is 26.4 Å². The molecule has 1 atom stereocenters. The molecular formula is C15H24O5. The SMILES string of the molecule is COCCOCCCOCC(O)c1ccc(OC)cc1. The Labute approximate surface area is 120 Å². The fourth-order valence-corrected chi connectivity index (χ4v) is 1.62. The molecule has 0 radical (unpaired) electrons. The molecule has 1 unspecified atom stereocenters. The fraction of sp³-hybridized carbons (Fsp3) is 0.600. The summed E-state index contributed by atoms with van der Waals surface area (Å²) in [6.07, 6.45) is 0.189. The maximum atomic E-state index is 9.94. The van der Waals surface area contributed by atoms with Crippen LogP contribution in [0.25, 0.3) is 0 Å². The Bertz CT molecular complexity index is 339. The summed E-state index contributed by atoms with van der Waals surface area (Å²) in [6, 6.07) is 7.31. The minimum atomic E-state index is -0.615. The summed E-state index contributed by atoms with van der Waals surface area (Å²) in [5, 5.41) is 9.94. The van der Waals surface area contributed by atoms with E-state index in [2.05, 4.69) is 0 Å². The van der Waals surface area contributed by atoms with Gasteiger partial charge in [0.1, 0.15) is 11.9 Å². The number of aliphatic hydroxyl groups is 1. The molecule has 0 fully saturated rings. The lowest BCUT2D eigenvalue weighted by Crippen LogP contribution is -2.10. The van der Waals surface area contributed by atoms with Crippen molar-refractivity contribution in [2.75, 3.05) is 47.3 Å². The lowest BCUT2D eigenvalue weighted by molar-refractivity contribution is 0.0182. The van der Waals surface area contributed by atoms with Gasteiger partial charge in [0.15, 0.2) is 0 Å². The summed E-state index contributed by atoms with van der Waals surface area (Å²) >= 11 is 0. The van der Waals surface area contributed by atoms with E-state index in [4.69, 9.17) is 18.9 Å². The van der Waals surface area contributed by atoms with Crippen molar-refractivity contribution in [1.82, 2.24) is 0 Å². The van der Waals surface area contributed by atoms with Gasteiger partial charge in [0, 0.05) is 20.3 Å². The van der Waals surface area contributed by atoms with Gasteiger partial charge < -0.3 is 24.1 Å². The third kappa shape index (κ3) is 6.86. The van der Waals surface area contributed by atoms with Crippen LogP contribution in [0.5, 0.6) is 5.75 Å². The average Bonchev–Trinajstić information content (AvgIpc) is 2.50. The molecule has 0 aromatic heterocycles. The van der Waals surface area contributed by atoms with Crippen LogP contribution in [0, 0.1) is 0 Å². The molecule has 1 aromatic carbocycles. The summed E-state index contributed by atoms with van der Waals surface area (Å²) < 4.78 is 20.7. The third-order valence-electron chi connectivity index (χ3n) is 2.79. The Hall–Kier alpha value is -1.14. The highest BCUT2D eigenvalue weighted by molar-refractivity contribution is 5.28. The molecule has 1 aromatic rings. The van der Waals surface area contributed by atoms with Gasteiger partial charge in [-0.05, 0) is 24.1 Å². The van der Waals surface area contributed by atoms with Crippen LogP contribution in [-0.4, -0.2) is 52.4 Å². The Morgan fingerprint density at radius 1 is 0.950 bits per heavy atom. The highest BCUT2D eigenvalue weighted by atomic mass is 16.5. The molecule has 0 amide bonds. The minimum Gasteiger partial charge on any atom is -0.497 e. The predicted octanol–water partition coefficient (Wildman–Crippen LogP) is 1.80. The molecule has 5 nitrogen and oxygen atoms in total.